The van der Waals surface area contributed by atoms with Crippen LogP contribution in [-0.4, -0.2) is 53.9 Å². The number of rotatable bonds is 3. The zero-order valence-corrected chi connectivity index (χ0v) is 11.5. The molecule has 1 aliphatic rings. The summed E-state index contributed by atoms with van der Waals surface area (Å²) < 4.78 is 0. The van der Waals surface area contributed by atoms with Gasteiger partial charge in [-0.3, -0.25) is 10.6 Å². The molecule has 104 valence electrons. The van der Waals surface area contributed by atoms with E-state index in [-0.39, 0.29) is 5.91 Å². The Morgan fingerprint density at radius 2 is 2.32 bits per heavy atom. The first-order chi connectivity index (χ1) is 9.11. The van der Waals surface area contributed by atoms with E-state index in [0.717, 1.165) is 25.9 Å². The van der Waals surface area contributed by atoms with Gasteiger partial charge in [-0.2, -0.15) is 0 Å². The van der Waals surface area contributed by atoms with E-state index in [1.54, 1.807) is 18.3 Å². The molecule has 1 aromatic rings. The largest absolute Gasteiger partial charge is 0.336 e. The van der Waals surface area contributed by atoms with Crippen LogP contribution in [0.25, 0.3) is 0 Å². The van der Waals surface area contributed by atoms with Gasteiger partial charge in [0.25, 0.3) is 5.91 Å². The van der Waals surface area contributed by atoms with E-state index in [0.29, 0.717) is 17.4 Å². The van der Waals surface area contributed by atoms with Crippen molar-refractivity contribution < 1.29 is 4.79 Å². The number of pyridine rings is 1. The molecule has 3 N–H and O–H groups in total. The number of carbonyl (C=O) groups is 1. The molecule has 0 aliphatic carbocycles. The summed E-state index contributed by atoms with van der Waals surface area (Å²) in [6.07, 6.45) is 3.75. The monoisotopic (exact) mass is 263 g/mol. The molecule has 0 radical (unpaired) electrons. The van der Waals surface area contributed by atoms with Crippen molar-refractivity contribution in [2.24, 2.45) is 5.84 Å². The number of carbonyl (C=O) groups excluding carboxylic acids is 1. The predicted octanol–water partition coefficient (Wildman–Crippen LogP) is 0.533. The minimum absolute atomic E-state index is 0.00452. The molecule has 1 aromatic heterocycles. The molecule has 1 unspecified atom stereocenters. The number of likely N-dealkylation sites (N-methyl/N-ethyl adjacent to an activating group) is 1. The first-order valence-electron chi connectivity index (χ1n) is 6.50. The lowest BCUT2D eigenvalue weighted by Gasteiger charge is -2.35. The summed E-state index contributed by atoms with van der Waals surface area (Å²) in [7, 11) is 4.11. The van der Waals surface area contributed by atoms with Gasteiger partial charge in [0.2, 0.25) is 0 Å². The Morgan fingerprint density at radius 1 is 1.53 bits per heavy atom. The van der Waals surface area contributed by atoms with Crippen LogP contribution in [0.3, 0.4) is 0 Å². The predicted molar refractivity (Wildman–Crippen MR) is 74.7 cm³/mol. The van der Waals surface area contributed by atoms with Crippen LogP contribution in [0.5, 0.6) is 0 Å². The highest BCUT2D eigenvalue weighted by Crippen LogP contribution is 2.16. The third kappa shape index (κ3) is 3.21. The molecule has 0 spiro atoms. The van der Waals surface area contributed by atoms with Gasteiger partial charge >= 0.3 is 0 Å². The number of piperidine rings is 1. The van der Waals surface area contributed by atoms with Gasteiger partial charge in [0.05, 0.1) is 11.9 Å². The summed E-state index contributed by atoms with van der Waals surface area (Å²) in [6, 6.07) is 3.90. The van der Waals surface area contributed by atoms with Gasteiger partial charge < -0.3 is 15.2 Å². The normalized spacial score (nSPS) is 19.6. The molecule has 0 aromatic carbocycles. The fraction of sp³-hybridized carbons (Fsp3) is 0.538. The molecule has 1 amide bonds. The molecule has 0 bridgehead atoms. The molecule has 1 saturated heterocycles. The van der Waals surface area contributed by atoms with Crippen LogP contribution < -0.4 is 11.3 Å². The summed E-state index contributed by atoms with van der Waals surface area (Å²) in [4.78, 5) is 20.6. The third-order valence-electron chi connectivity index (χ3n) is 3.56. The topological polar surface area (TPSA) is 74.5 Å². The summed E-state index contributed by atoms with van der Waals surface area (Å²) in [5, 5.41) is 0. The number of aromatic nitrogens is 1. The van der Waals surface area contributed by atoms with Crippen LogP contribution in [0.4, 0.5) is 5.69 Å². The molecule has 1 aliphatic heterocycles. The van der Waals surface area contributed by atoms with Crippen molar-refractivity contribution in [1.82, 2.24) is 14.8 Å². The summed E-state index contributed by atoms with van der Waals surface area (Å²) in [6.45, 7) is 1.58. The third-order valence-corrected chi connectivity index (χ3v) is 3.56. The Labute approximate surface area is 113 Å². The minimum Gasteiger partial charge on any atom is -0.336 e. The fourth-order valence-corrected chi connectivity index (χ4v) is 2.33. The number of anilines is 1. The van der Waals surface area contributed by atoms with E-state index < -0.39 is 0 Å². The average Bonchev–Trinajstić information content (AvgIpc) is 2.46. The van der Waals surface area contributed by atoms with Crippen LogP contribution in [0.1, 0.15) is 23.3 Å². The number of nitrogen functional groups attached to an aromatic ring is 1. The number of hydrogen-bond acceptors (Lipinski definition) is 5. The molecule has 6 heteroatoms. The van der Waals surface area contributed by atoms with Crippen molar-refractivity contribution >= 4 is 11.6 Å². The van der Waals surface area contributed by atoms with Gasteiger partial charge in [-0.05, 0) is 39.1 Å². The van der Waals surface area contributed by atoms with Crippen LogP contribution >= 0.6 is 0 Å². The lowest BCUT2D eigenvalue weighted by Crippen LogP contribution is -2.47. The number of nitrogens with one attached hydrogen (secondary N) is 1. The van der Waals surface area contributed by atoms with Crippen molar-refractivity contribution in [1.29, 1.82) is 0 Å². The van der Waals surface area contributed by atoms with Crippen molar-refractivity contribution in [2.45, 2.75) is 18.9 Å². The zero-order chi connectivity index (χ0) is 13.8. The highest BCUT2D eigenvalue weighted by atomic mass is 16.2. The average molecular weight is 263 g/mol. The van der Waals surface area contributed by atoms with Gasteiger partial charge in [-0.25, -0.2) is 4.98 Å². The SMILES string of the molecule is CN(C)C1CCCN(C(=O)c2ccc(NN)cn2)C1. The lowest BCUT2D eigenvalue weighted by atomic mass is 10.0. The Balaban J connectivity index is 2.05. The smallest absolute Gasteiger partial charge is 0.272 e. The van der Waals surface area contributed by atoms with E-state index >= 15 is 0 Å². The summed E-state index contributed by atoms with van der Waals surface area (Å²) >= 11 is 0. The number of amides is 1. The molecule has 1 atom stereocenters. The minimum atomic E-state index is -0.00452. The van der Waals surface area contributed by atoms with Crippen LogP contribution in [0, 0.1) is 0 Å². The highest BCUT2D eigenvalue weighted by Gasteiger charge is 2.26. The Bertz CT molecular complexity index is 431. The van der Waals surface area contributed by atoms with Gasteiger partial charge in [-0.1, -0.05) is 0 Å². The molecule has 6 nitrogen and oxygen atoms in total. The van der Waals surface area contributed by atoms with Gasteiger partial charge in [-0.15, -0.1) is 0 Å². The molecule has 2 rings (SSSR count). The zero-order valence-electron chi connectivity index (χ0n) is 11.5. The molecular weight excluding hydrogens is 242 g/mol. The Kier molecular flexibility index (Phi) is 4.34. The van der Waals surface area contributed by atoms with Gasteiger partial charge in [0, 0.05) is 19.1 Å². The standard InChI is InChI=1S/C13H21N5O/c1-17(2)11-4-3-7-18(9-11)13(19)12-6-5-10(16-14)8-15-12/h5-6,8,11,16H,3-4,7,9,14H2,1-2H3. The Hall–Kier alpha value is -1.66. The van der Waals surface area contributed by atoms with Crippen molar-refractivity contribution in [3.63, 3.8) is 0 Å². The van der Waals surface area contributed by atoms with Crippen molar-refractivity contribution in [3.8, 4) is 0 Å². The maximum atomic E-state index is 12.4. The molecule has 1 fully saturated rings. The lowest BCUT2D eigenvalue weighted by molar-refractivity contribution is 0.0629. The second-order valence-corrected chi connectivity index (χ2v) is 5.09. The molecule has 19 heavy (non-hydrogen) atoms. The van der Waals surface area contributed by atoms with Crippen molar-refractivity contribution in [3.05, 3.63) is 24.0 Å². The maximum absolute atomic E-state index is 12.4. The second-order valence-electron chi connectivity index (χ2n) is 5.09. The molecule has 2 heterocycles. The first-order valence-corrected chi connectivity index (χ1v) is 6.50. The fourth-order valence-electron chi connectivity index (χ4n) is 2.33. The summed E-state index contributed by atoms with van der Waals surface area (Å²) in [5.41, 5.74) is 3.67. The van der Waals surface area contributed by atoms with Crippen LogP contribution in [-0.2, 0) is 0 Å². The highest BCUT2D eigenvalue weighted by molar-refractivity contribution is 5.92. The number of hydrazine groups is 1. The molecular formula is C13H21N5O. The maximum Gasteiger partial charge on any atom is 0.272 e. The second kappa shape index (κ2) is 5.99. The number of nitrogens with zero attached hydrogens (tertiary/aromatic N) is 3. The van der Waals surface area contributed by atoms with E-state index in [1.807, 2.05) is 4.90 Å². The van der Waals surface area contributed by atoms with E-state index in [1.165, 1.54) is 0 Å². The first kappa shape index (κ1) is 13.8. The van der Waals surface area contributed by atoms with Crippen molar-refractivity contribution in [2.75, 3.05) is 32.6 Å². The summed E-state index contributed by atoms with van der Waals surface area (Å²) in [5.74, 6) is 5.27. The Morgan fingerprint density at radius 3 is 2.89 bits per heavy atom. The van der Waals surface area contributed by atoms with E-state index in [4.69, 9.17) is 5.84 Å². The van der Waals surface area contributed by atoms with E-state index in [9.17, 15) is 4.79 Å². The van der Waals surface area contributed by atoms with E-state index in [2.05, 4.69) is 29.4 Å². The van der Waals surface area contributed by atoms with Crippen LogP contribution in [0.2, 0.25) is 0 Å². The van der Waals surface area contributed by atoms with Gasteiger partial charge in [0.1, 0.15) is 5.69 Å². The quantitative estimate of drug-likeness (QED) is 0.615. The number of nitrogens with two attached hydrogens (primary N) is 1. The number of hydrogen-bond donors (Lipinski definition) is 2. The number of likely N-dealkylation sites (tertiary alicyclic amines) is 1. The van der Waals surface area contributed by atoms with Gasteiger partial charge in [0.15, 0.2) is 0 Å². The molecule has 0 saturated carbocycles. The van der Waals surface area contributed by atoms with Crippen LogP contribution in [0.15, 0.2) is 18.3 Å².